The Morgan fingerprint density at radius 1 is 1.59 bits per heavy atom. The maximum absolute atomic E-state index is 4.32. The molecule has 2 heterocycles. The van der Waals surface area contributed by atoms with E-state index in [1.165, 1.54) is 19.4 Å². The molecule has 0 aliphatic carbocycles. The fraction of sp³-hybridized carbons (Fsp3) is 0.667. The fourth-order valence-corrected chi connectivity index (χ4v) is 3.03. The molecular formula is C12H19BrN4. The van der Waals surface area contributed by atoms with Crippen LogP contribution < -0.4 is 4.90 Å². The number of nitrogens with zero attached hydrogens (tertiary/aromatic N) is 4. The Balaban J connectivity index is 2.01. The van der Waals surface area contributed by atoms with E-state index in [2.05, 4.69) is 49.7 Å². The lowest BCUT2D eigenvalue weighted by molar-refractivity contribution is 0.270. The zero-order valence-corrected chi connectivity index (χ0v) is 12.0. The first kappa shape index (κ1) is 12.8. The second-order valence-corrected chi connectivity index (χ2v) is 5.35. The van der Waals surface area contributed by atoms with Crippen LogP contribution in [0.1, 0.15) is 19.8 Å². The average Bonchev–Trinajstić information content (AvgIpc) is 2.76. The van der Waals surface area contributed by atoms with E-state index in [-0.39, 0.29) is 0 Å². The summed E-state index contributed by atoms with van der Waals surface area (Å²) in [7, 11) is 2.10. The number of likely N-dealkylation sites (tertiary alicyclic amines) is 1. The number of hydrogen-bond acceptors (Lipinski definition) is 4. The third kappa shape index (κ3) is 2.96. The van der Waals surface area contributed by atoms with Gasteiger partial charge in [-0.15, -0.1) is 0 Å². The molecule has 1 fully saturated rings. The van der Waals surface area contributed by atoms with Crippen LogP contribution in [0.2, 0.25) is 0 Å². The Kier molecular flexibility index (Phi) is 4.34. The first-order chi connectivity index (χ1) is 8.22. The van der Waals surface area contributed by atoms with Gasteiger partial charge in [0.25, 0.3) is 0 Å². The summed E-state index contributed by atoms with van der Waals surface area (Å²) in [6, 6.07) is 0.659. The van der Waals surface area contributed by atoms with E-state index < -0.39 is 0 Å². The van der Waals surface area contributed by atoms with Crippen molar-refractivity contribution in [3.8, 4) is 0 Å². The maximum Gasteiger partial charge on any atom is 0.146 e. The van der Waals surface area contributed by atoms with Crippen LogP contribution in [-0.2, 0) is 0 Å². The summed E-state index contributed by atoms with van der Waals surface area (Å²) >= 11 is 3.50. The molecule has 94 valence electrons. The molecule has 2 rings (SSSR count). The number of anilines is 1. The zero-order chi connectivity index (χ0) is 12.3. The Morgan fingerprint density at radius 3 is 3.12 bits per heavy atom. The second-order valence-electron chi connectivity index (χ2n) is 4.50. The van der Waals surface area contributed by atoms with Crippen molar-refractivity contribution in [2.45, 2.75) is 25.8 Å². The molecule has 0 radical (unpaired) electrons. The molecule has 17 heavy (non-hydrogen) atoms. The van der Waals surface area contributed by atoms with Gasteiger partial charge in [-0.25, -0.2) is 9.97 Å². The Morgan fingerprint density at radius 2 is 2.41 bits per heavy atom. The molecule has 1 unspecified atom stereocenters. The van der Waals surface area contributed by atoms with Gasteiger partial charge in [-0.05, 0) is 41.9 Å². The largest absolute Gasteiger partial charge is 0.357 e. The third-order valence-corrected chi connectivity index (χ3v) is 3.96. The van der Waals surface area contributed by atoms with Gasteiger partial charge in [0.2, 0.25) is 0 Å². The van der Waals surface area contributed by atoms with Crippen molar-refractivity contribution < 1.29 is 0 Å². The lowest BCUT2D eigenvalue weighted by Gasteiger charge is -2.28. The van der Waals surface area contributed by atoms with Crippen molar-refractivity contribution in [2.24, 2.45) is 0 Å². The fourth-order valence-electron chi connectivity index (χ4n) is 2.51. The Hall–Kier alpha value is -0.680. The topological polar surface area (TPSA) is 32.3 Å². The number of likely N-dealkylation sites (N-methyl/N-ethyl adjacent to an activating group) is 2. The van der Waals surface area contributed by atoms with Crippen molar-refractivity contribution in [1.82, 2.24) is 14.9 Å². The first-order valence-electron chi connectivity index (χ1n) is 6.13. The van der Waals surface area contributed by atoms with Crippen molar-refractivity contribution in [3.63, 3.8) is 0 Å². The first-order valence-corrected chi connectivity index (χ1v) is 6.92. The molecule has 0 spiro atoms. The van der Waals surface area contributed by atoms with Gasteiger partial charge in [0, 0.05) is 25.8 Å². The quantitative estimate of drug-likeness (QED) is 0.853. The summed E-state index contributed by atoms with van der Waals surface area (Å²) in [5, 5.41) is 0. The molecule has 1 aromatic heterocycles. The average molecular weight is 299 g/mol. The standard InChI is InChI=1S/C12H19BrN4/c1-3-17-6-4-5-10(17)8-16(2)12-11(13)7-14-9-15-12/h7,9-10H,3-6,8H2,1-2H3. The van der Waals surface area contributed by atoms with Gasteiger partial charge < -0.3 is 4.90 Å². The van der Waals surface area contributed by atoms with E-state index in [4.69, 9.17) is 0 Å². The minimum absolute atomic E-state index is 0.659. The molecular weight excluding hydrogens is 280 g/mol. The number of rotatable bonds is 4. The van der Waals surface area contributed by atoms with Crippen LogP contribution >= 0.6 is 15.9 Å². The highest BCUT2D eigenvalue weighted by molar-refractivity contribution is 9.10. The van der Waals surface area contributed by atoms with E-state index >= 15 is 0 Å². The van der Waals surface area contributed by atoms with Crippen LogP contribution in [0.5, 0.6) is 0 Å². The lowest BCUT2D eigenvalue weighted by atomic mass is 10.2. The molecule has 4 nitrogen and oxygen atoms in total. The summed E-state index contributed by atoms with van der Waals surface area (Å²) in [6.07, 6.45) is 6.01. The van der Waals surface area contributed by atoms with Crippen molar-refractivity contribution in [2.75, 3.05) is 31.6 Å². The highest BCUT2D eigenvalue weighted by atomic mass is 79.9. The van der Waals surface area contributed by atoms with Crippen molar-refractivity contribution in [3.05, 3.63) is 17.0 Å². The molecule has 5 heteroatoms. The van der Waals surface area contributed by atoms with Crippen LogP contribution in [0.3, 0.4) is 0 Å². The Bertz CT molecular complexity index is 371. The van der Waals surface area contributed by atoms with Gasteiger partial charge in [-0.3, -0.25) is 4.90 Å². The van der Waals surface area contributed by atoms with Gasteiger partial charge in [0.15, 0.2) is 0 Å². The highest BCUT2D eigenvalue weighted by Crippen LogP contribution is 2.23. The molecule has 0 amide bonds. The molecule has 1 atom stereocenters. The van der Waals surface area contributed by atoms with Gasteiger partial charge in [-0.1, -0.05) is 6.92 Å². The van der Waals surface area contributed by atoms with E-state index in [0.29, 0.717) is 6.04 Å². The molecule has 0 saturated carbocycles. The molecule has 0 bridgehead atoms. The summed E-state index contributed by atoms with van der Waals surface area (Å²) in [4.78, 5) is 13.1. The van der Waals surface area contributed by atoms with Gasteiger partial charge >= 0.3 is 0 Å². The Labute approximate surface area is 111 Å². The highest BCUT2D eigenvalue weighted by Gasteiger charge is 2.24. The summed E-state index contributed by atoms with van der Waals surface area (Å²) in [6.45, 7) is 5.64. The SMILES string of the molecule is CCN1CCCC1CN(C)c1ncncc1Br. The number of aromatic nitrogens is 2. The summed E-state index contributed by atoms with van der Waals surface area (Å²) in [5.74, 6) is 0.975. The number of hydrogen-bond donors (Lipinski definition) is 0. The van der Waals surface area contributed by atoms with E-state index in [9.17, 15) is 0 Å². The van der Waals surface area contributed by atoms with Gasteiger partial charge in [0.05, 0.1) is 4.47 Å². The predicted molar refractivity (Wildman–Crippen MR) is 73.3 cm³/mol. The van der Waals surface area contributed by atoms with Crippen LogP contribution in [-0.4, -0.2) is 47.6 Å². The lowest BCUT2D eigenvalue weighted by Crippen LogP contribution is -2.39. The van der Waals surface area contributed by atoms with Gasteiger partial charge in [-0.2, -0.15) is 0 Å². The smallest absolute Gasteiger partial charge is 0.146 e. The van der Waals surface area contributed by atoms with Crippen LogP contribution in [0.4, 0.5) is 5.82 Å². The maximum atomic E-state index is 4.32. The van der Waals surface area contributed by atoms with Crippen LogP contribution in [0.15, 0.2) is 17.0 Å². The van der Waals surface area contributed by atoms with E-state index in [1.807, 2.05) is 0 Å². The molecule has 0 aromatic carbocycles. The third-order valence-electron chi connectivity index (χ3n) is 3.40. The molecule has 0 N–H and O–H groups in total. The second kappa shape index (κ2) is 5.78. The normalized spacial score (nSPS) is 20.8. The molecule has 1 aliphatic heterocycles. The van der Waals surface area contributed by atoms with E-state index in [1.54, 1.807) is 12.5 Å². The minimum atomic E-state index is 0.659. The summed E-state index contributed by atoms with van der Waals surface area (Å²) < 4.78 is 0.962. The number of halogens is 1. The monoisotopic (exact) mass is 298 g/mol. The van der Waals surface area contributed by atoms with Crippen molar-refractivity contribution >= 4 is 21.7 Å². The predicted octanol–water partition coefficient (Wildman–Crippen LogP) is 2.16. The molecule has 1 aromatic rings. The molecule has 1 aliphatic rings. The van der Waals surface area contributed by atoms with Crippen LogP contribution in [0, 0.1) is 0 Å². The van der Waals surface area contributed by atoms with Crippen LogP contribution in [0.25, 0.3) is 0 Å². The zero-order valence-electron chi connectivity index (χ0n) is 10.4. The minimum Gasteiger partial charge on any atom is -0.357 e. The van der Waals surface area contributed by atoms with E-state index in [0.717, 1.165) is 23.4 Å². The van der Waals surface area contributed by atoms with Gasteiger partial charge in [0.1, 0.15) is 12.1 Å². The summed E-state index contributed by atoms with van der Waals surface area (Å²) in [5.41, 5.74) is 0. The molecule has 1 saturated heterocycles. The van der Waals surface area contributed by atoms with Crippen molar-refractivity contribution in [1.29, 1.82) is 0 Å².